The number of rotatable bonds is 6. The van der Waals surface area contributed by atoms with E-state index in [1.165, 1.54) is 21.5 Å². The van der Waals surface area contributed by atoms with Gasteiger partial charge in [-0.3, -0.25) is 0 Å². The summed E-state index contributed by atoms with van der Waals surface area (Å²) in [6.45, 7) is 2.71. The molecule has 0 aliphatic carbocycles. The van der Waals surface area contributed by atoms with Gasteiger partial charge in [0.2, 0.25) is 0 Å². The van der Waals surface area contributed by atoms with E-state index in [2.05, 4.69) is 44.6 Å². The molecule has 2 aromatic rings. The third-order valence-corrected chi connectivity index (χ3v) is 4.29. The van der Waals surface area contributed by atoms with Gasteiger partial charge in [0, 0.05) is 25.3 Å². The maximum absolute atomic E-state index is 12.7. The van der Waals surface area contributed by atoms with Crippen molar-refractivity contribution < 1.29 is 4.39 Å². The molecule has 1 heterocycles. The van der Waals surface area contributed by atoms with E-state index in [9.17, 15) is 4.39 Å². The summed E-state index contributed by atoms with van der Waals surface area (Å²) < 4.78 is 13.9. The highest BCUT2D eigenvalue weighted by molar-refractivity contribution is 9.11. The lowest BCUT2D eigenvalue weighted by Crippen LogP contribution is -2.24. The Labute approximate surface area is 125 Å². The summed E-state index contributed by atoms with van der Waals surface area (Å²) >= 11 is 5.18. The number of anilines is 1. The molecule has 2 rings (SSSR count). The predicted octanol–water partition coefficient (Wildman–Crippen LogP) is 4.19. The first-order valence-electron chi connectivity index (χ1n) is 6.04. The standard InChI is InChI=1S/C14H16BrFN2S/c1-18(9-11-8-14(15)19-10-11)7-6-17-13-4-2-12(16)3-5-13/h2-5,8,10,17H,6-7,9H2,1H3. The lowest BCUT2D eigenvalue weighted by Gasteiger charge is -2.16. The molecular weight excluding hydrogens is 327 g/mol. The highest BCUT2D eigenvalue weighted by Crippen LogP contribution is 2.21. The molecule has 19 heavy (non-hydrogen) atoms. The zero-order valence-electron chi connectivity index (χ0n) is 10.7. The van der Waals surface area contributed by atoms with Crippen LogP contribution in [0.15, 0.2) is 39.5 Å². The molecule has 5 heteroatoms. The minimum Gasteiger partial charge on any atom is -0.384 e. The predicted molar refractivity (Wildman–Crippen MR) is 83.2 cm³/mol. The molecule has 0 aliphatic heterocycles. The van der Waals surface area contributed by atoms with Gasteiger partial charge in [0.1, 0.15) is 5.82 Å². The first-order chi connectivity index (χ1) is 9.13. The van der Waals surface area contributed by atoms with Gasteiger partial charge in [-0.25, -0.2) is 4.39 Å². The average Bonchev–Trinajstić information content (AvgIpc) is 2.77. The topological polar surface area (TPSA) is 15.3 Å². The van der Waals surface area contributed by atoms with Crippen LogP contribution in [-0.4, -0.2) is 25.0 Å². The zero-order chi connectivity index (χ0) is 13.7. The van der Waals surface area contributed by atoms with E-state index in [-0.39, 0.29) is 5.82 Å². The van der Waals surface area contributed by atoms with Crippen LogP contribution in [0.2, 0.25) is 0 Å². The molecule has 0 aliphatic rings. The van der Waals surface area contributed by atoms with Gasteiger partial charge < -0.3 is 10.2 Å². The molecule has 0 fully saturated rings. The first kappa shape index (κ1) is 14.5. The third kappa shape index (κ3) is 4.93. The minimum absolute atomic E-state index is 0.203. The van der Waals surface area contributed by atoms with Gasteiger partial charge in [0.15, 0.2) is 0 Å². The molecule has 0 spiro atoms. The maximum Gasteiger partial charge on any atom is 0.123 e. The fourth-order valence-corrected chi connectivity index (χ4v) is 2.98. The Morgan fingerprint density at radius 3 is 2.68 bits per heavy atom. The fourth-order valence-electron chi connectivity index (χ4n) is 1.78. The molecule has 1 aromatic heterocycles. The summed E-state index contributed by atoms with van der Waals surface area (Å²) in [4.78, 5) is 2.25. The molecule has 0 unspecified atom stereocenters. The Kier molecular flexibility index (Phi) is 5.36. The van der Waals surface area contributed by atoms with Gasteiger partial charge in [-0.05, 0) is 64.3 Å². The number of benzene rings is 1. The van der Waals surface area contributed by atoms with Crippen LogP contribution >= 0.6 is 27.3 Å². The number of hydrogen-bond donors (Lipinski definition) is 1. The van der Waals surface area contributed by atoms with Gasteiger partial charge >= 0.3 is 0 Å². The second-order valence-corrected chi connectivity index (χ2v) is 6.72. The smallest absolute Gasteiger partial charge is 0.123 e. The van der Waals surface area contributed by atoms with Crippen LogP contribution in [0.4, 0.5) is 10.1 Å². The number of halogens is 2. The van der Waals surface area contributed by atoms with Crippen LogP contribution in [-0.2, 0) is 6.54 Å². The normalized spacial score (nSPS) is 10.9. The van der Waals surface area contributed by atoms with E-state index >= 15 is 0 Å². The van der Waals surface area contributed by atoms with Crippen LogP contribution in [0.1, 0.15) is 5.56 Å². The van der Waals surface area contributed by atoms with Crippen molar-refractivity contribution in [3.63, 3.8) is 0 Å². The average molecular weight is 343 g/mol. The van der Waals surface area contributed by atoms with E-state index in [1.807, 2.05) is 0 Å². The Hall–Kier alpha value is -0.910. The number of nitrogens with one attached hydrogen (secondary N) is 1. The van der Waals surface area contributed by atoms with E-state index < -0.39 is 0 Å². The number of likely N-dealkylation sites (N-methyl/N-ethyl adjacent to an activating group) is 1. The third-order valence-electron chi connectivity index (χ3n) is 2.74. The maximum atomic E-state index is 12.7. The first-order valence-corrected chi connectivity index (χ1v) is 7.71. The Bertz CT molecular complexity index is 512. The highest BCUT2D eigenvalue weighted by atomic mass is 79.9. The van der Waals surface area contributed by atoms with Gasteiger partial charge in [0.25, 0.3) is 0 Å². The fraction of sp³-hybridized carbons (Fsp3) is 0.286. The summed E-state index contributed by atoms with van der Waals surface area (Å²) in [6, 6.07) is 8.59. The molecule has 0 saturated heterocycles. The Morgan fingerprint density at radius 1 is 1.32 bits per heavy atom. The van der Waals surface area contributed by atoms with Gasteiger partial charge in [0.05, 0.1) is 3.79 Å². The van der Waals surface area contributed by atoms with Crippen molar-refractivity contribution in [2.75, 3.05) is 25.5 Å². The van der Waals surface area contributed by atoms with Crippen molar-refractivity contribution in [3.05, 3.63) is 50.9 Å². The molecule has 102 valence electrons. The second-order valence-electron chi connectivity index (χ2n) is 4.43. The van der Waals surface area contributed by atoms with E-state index in [0.29, 0.717) is 0 Å². The monoisotopic (exact) mass is 342 g/mol. The van der Waals surface area contributed by atoms with Crippen LogP contribution in [0, 0.1) is 5.82 Å². The molecule has 1 N–H and O–H groups in total. The van der Waals surface area contributed by atoms with E-state index in [4.69, 9.17) is 0 Å². The van der Waals surface area contributed by atoms with Crippen LogP contribution in [0.3, 0.4) is 0 Å². The van der Waals surface area contributed by atoms with E-state index in [0.717, 1.165) is 25.3 Å². The van der Waals surface area contributed by atoms with Crippen LogP contribution < -0.4 is 5.32 Å². The molecule has 2 nitrogen and oxygen atoms in total. The largest absolute Gasteiger partial charge is 0.384 e. The number of thiophene rings is 1. The minimum atomic E-state index is -0.203. The van der Waals surface area contributed by atoms with Crippen molar-refractivity contribution in [2.24, 2.45) is 0 Å². The molecular formula is C14H16BrFN2S. The number of nitrogens with zero attached hydrogens (tertiary/aromatic N) is 1. The quantitative estimate of drug-likeness (QED) is 0.846. The van der Waals surface area contributed by atoms with Crippen molar-refractivity contribution in [2.45, 2.75) is 6.54 Å². The summed E-state index contributed by atoms with van der Waals surface area (Å²) in [5.74, 6) is -0.203. The van der Waals surface area contributed by atoms with E-state index in [1.54, 1.807) is 23.5 Å². The molecule has 0 saturated carbocycles. The Balaban J connectivity index is 1.71. The van der Waals surface area contributed by atoms with Crippen LogP contribution in [0.25, 0.3) is 0 Å². The molecule has 0 bridgehead atoms. The summed E-state index contributed by atoms with van der Waals surface area (Å²) in [5, 5.41) is 5.44. The molecule has 1 aromatic carbocycles. The van der Waals surface area contributed by atoms with Gasteiger partial charge in [-0.15, -0.1) is 11.3 Å². The molecule has 0 atom stereocenters. The summed E-state index contributed by atoms with van der Waals surface area (Å²) in [7, 11) is 2.10. The lowest BCUT2D eigenvalue weighted by molar-refractivity contribution is 0.340. The number of hydrogen-bond acceptors (Lipinski definition) is 3. The summed E-state index contributed by atoms with van der Waals surface area (Å²) in [5.41, 5.74) is 2.27. The molecule has 0 amide bonds. The van der Waals surface area contributed by atoms with Crippen LogP contribution in [0.5, 0.6) is 0 Å². The van der Waals surface area contributed by atoms with Gasteiger partial charge in [-0.1, -0.05) is 0 Å². The van der Waals surface area contributed by atoms with Crippen molar-refractivity contribution in [1.29, 1.82) is 0 Å². The Morgan fingerprint density at radius 2 is 2.05 bits per heavy atom. The van der Waals surface area contributed by atoms with Crippen molar-refractivity contribution in [1.82, 2.24) is 4.90 Å². The molecule has 0 radical (unpaired) electrons. The second kappa shape index (κ2) is 7.03. The SMILES string of the molecule is CN(CCNc1ccc(F)cc1)Cc1csc(Br)c1. The highest BCUT2D eigenvalue weighted by Gasteiger charge is 2.02. The van der Waals surface area contributed by atoms with Crippen molar-refractivity contribution >= 4 is 33.0 Å². The summed E-state index contributed by atoms with van der Waals surface area (Å²) in [6.07, 6.45) is 0. The zero-order valence-corrected chi connectivity index (χ0v) is 13.1. The van der Waals surface area contributed by atoms with Gasteiger partial charge in [-0.2, -0.15) is 0 Å². The lowest BCUT2D eigenvalue weighted by atomic mass is 10.3. The van der Waals surface area contributed by atoms with Crippen molar-refractivity contribution in [3.8, 4) is 0 Å².